The van der Waals surface area contributed by atoms with Crippen molar-refractivity contribution < 1.29 is 14.6 Å². The number of aromatic hydroxyl groups is 1. The van der Waals surface area contributed by atoms with Crippen LogP contribution < -0.4 is 10.1 Å². The first kappa shape index (κ1) is 14.1. The van der Waals surface area contributed by atoms with Gasteiger partial charge in [0.15, 0.2) is 0 Å². The van der Waals surface area contributed by atoms with Crippen molar-refractivity contribution in [2.75, 3.05) is 12.4 Å². The van der Waals surface area contributed by atoms with Crippen LogP contribution in [0.15, 0.2) is 30.3 Å². The summed E-state index contributed by atoms with van der Waals surface area (Å²) in [6, 6.07) is 7.67. The molecule has 104 valence electrons. The Morgan fingerprint density at radius 1 is 1.35 bits per heavy atom. The van der Waals surface area contributed by atoms with Crippen LogP contribution in [0.2, 0.25) is 5.15 Å². The van der Waals surface area contributed by atoms with E-state index >= 15 is 0 Å². The number of hydrogen-bond acceptors (Lipinski definition) is 4. The fraction of sp³-hybridized carbons (Fsp3) is 0.143. The third-order valence-corrected chi connectivity index (χ3v) is 2.96. The van der Waals surface area contributed by atoms with Crippen LogP contribution in [0.1, 0.15) is 16.1 Å². The summed E-state index contributed by atoms with van der Waals surface area (Å²) in [7, 11) is 1.49. The maximum Gasteiger partial charge on any atom is 0.259 e. The minimum atomic E-state index is -0.450. The van der Waals surface area contributed by atoms with Crippen LogP contribution in [0.5, 0.6) is 11.5 Å². The van der Waals surface area contributed by atoms with Crippen LogP contribution in [0.25, 0.3) is 0 Å². The summed E-state index contributed by atoms with van der Waals surface area (Å²) in [5.74, 6) is -0.0876. The Bertz CT molecular complexity index is 659. The molecule has 1 aromatic carbocycles. The lowest BCUT2D eigenvalue weighted by Gasteiger charge is -2.10. The van der Waals surface area contributed by atoms with E-state index < -0.39 is 5.91 Å². The Kier molecular flexibility index (Phi) is 4.10. The highest BCUT2D eigenvalue weighted by Crippen LogP contribution is 2.24. The highest BCUT2D eigenvalue weighted by atomic mass is 35.5. The number of carbonyl (C=O) groups is 1. The van der Waals surface area contributed by atoms with Gasteiger partial charge in [0.25, 0.3) is 5.91 Å². The number of hydrogen-bond donors (Lipinski definition) is 2. The Labute approximate surface area is 121 Å². The molecule has 2 rings (SSSR count). The summed E-state index contributed by atoms with van der Waals surface area (Å²) < 4.78 is 5.03. The Morgan fingerprint density at radius 2 is 2.10 bits per heavy atom. The van der Waals surface area contributed by atoms with Gasteiger partial charge >= 0.3 is 0 Å². The molecule has 0 radical (unpaired) electrons. The summed E-state index contributed by atoms with van der Waals surface area (Å²) in [6.45, 7) is 1.73. The number of methoxy groups -OCH3 is 1. The standard InChI is InChI=1S/C14H13ClN2O3/c1-8-11(4-6-13(15)16-8)17-14(19)10-7-9(20-2)3-5-12(10)18/h3-7,18H,1-2H3,(H,17,19). The van der Waals surface area contributed by atoms with Gasteiger partial charge in [0, 0.05) is 0 Å². The molecule has 1 heterocycles. The van der Waals surface area contributed by atoms with Crippen LogP contribution in [0.4, 0.5) is 5.69 Å². The number of nitrogens with one attached hydrogen (secondary N) is 1. The third kappa shape index (κ3) is 3.00. The molecule has 0 aliphatic rings. The normalized spacial score (nSPS) is 10.2. The number of ether oxygens (including phenoxy) is 1. The first-order chi connectivity index (χ1) is 9.51. The number of phenols is 1. The number of pyridine rings is 1. The van der Waals surface area contributed by atoms with E-state index in [1.54, 1.807) is 25.1 Å². The summed E-state index contributed by atoms with van der Waals surface area (Å²) in [5.41, 5.74) is 1.24. The number of amides is 1. The predicted octanol–water partition coefficient (Wildman–Crippen LogP) is 3.01. The average Bonchev–Trinajstić information content (AvgIpc) is 2.42. The van der Waals surface area contributed by atoms with Crippen molar-refractivity contribution in [1.82, 2.24) is 4.98 Å². The second kappa shape index (κ2) is 5.79. The number of carbonyl (C=O) groups excluding carboxylic acids is 1. The zero-order chi connectivity index (χ0) is 14.7. The van der Waals surface area contributed by atoms with Crippen LogP contribution >= 0.6 is 11.6 Å². The molecule has 0 spiro atoms. The van der Waals surface area contributed by atoms with Gasteiger partial charge in [0.2, 0.25) is 0 Å². The topological polar surface area (TPSA) is 71.5 Å². The molecular weight excluding hydrogens is 280 g/mol. The molecule has 0 saturated carbocycles. The largest absolute Gasteiger partial charge is 0.507 e. The molecule has 1 aromatic heterocycles. The molecule has 6 heteroatoms. The number of anilines is 1. The predicted molar refractivity (Wildman–Crippen MR) is 76.6 cm³/mol. The molecule has 0 fully saturated rings. The highest BCUT2D eigenvalue weighted by Gasteiger charge is 2.14. The van der Waals surface area contributed by atoms with E-state index in [1.165, 1.54) is 19.2 Å². The van der Waals surface area contributed by atoms with Gasteiger partial charge in [-0.2, -0.15) is 0 Å². The summed E-state index contributed by atoms with van der Waals surface area (Å²) >= 11 is 5.75. The van der Waals surface area contributed by atoms with Crippen molar-refractivity contribution in [1.29, 1.82) is 0 Å². The van der Waals surface area contributed by atoms with Crippen molar-refractivity contribution >= 4 is 23.2 Å². The molecule has 5 nitrogen and oxygen atoms in total. The minimum absolute atomic E-state index is 0.122. The number of phenolic OH excluding ortho intramolecular Hbond substituents is 1. The first-order valence-corrected chi connectivity index (χ1v) is 6.20. The van der Waals surface area contributed by atoms with E-state index in [0.29, 0.717) is 22.3 Å². The van der Waals surface area contributed by atoms with Gasteiger partial charge in [-0.05, 0) is 37.3 Å². The van der Waals surface area contributed by atoms with Crippen LogP contribution in [0.3, 0.4) is 0 Å². The van der Waals surface area contributed by atoms with E-state index in [0.717, 1.165) is 0 Å². The number of benzene rings is 1. The lowest BCUT2D eigenvalue weighted by molar-refractivity contribution is 0.102. The second-order valence-electron chi connectivity index (χ2n) is 4.10. The fourth-order valence-corrected chi connectivity index (χ4v) is 1.87. The van der Waals surface area contributed by atoms with Crippen molar-refractivity contribution in [2.45, 2.75) is 6.92 Å². The Morgan fingerprint density at radius 3 is 2.75 bits per heavy atom. The van der Waals surface area contributed by atoms with Crippen LogP contribution in [0, 0.1) is 6.92 Å². The molecule has 0 bridgehead atoms. The lowest BCUT2D eigenvalue weighted by atomic mass is 10.1. The molecule has 2 aromatic rings. The molecule has 2 N–H and O–H groups in total. The highest BCUT2D eigenvalue weighted by molar-refractivity contribution is 6.29. The van der Waals surface area contributed by atoms with E-state index in [1.807, 2.05) is 0 Å². The zero-order valence-corrected chi connectivity index (χ0v) is 11.7. The number of halogens is 1. The second-order valence-corrected chi connectivity index (χ2v) is 4.49. The minimum Gasteiger partial charge on any atom is -0.507 e. The van der Waals surface area contributed by atoms with Crippen LogP contribution in [-0.2, 0) is 0 Å². The summed E-state index contributed by atoms with van der Waals surface area (Å²) in [5, 5.41) is 12.8. The summed E-state index contributed by atoms with van der Waals surface area (Å²) in [4.78, 5) is 16.2. The maximum atomic E-state index is 12.2. The van der Waals surface area contributed by atoms with Gasteiger partial charge < -0.3 is 15.2 Å². The average molecular weight is 293 g/mol. The van der Waals surface area contributed by atoms with Gasteiger partial charge in [-0.1, -0.05) is 11.6 Å². The van der Waals surface area contributed by atoms with Crippen molar-refractivity contribution in [2.24, 2.45) is 0 Å². The first-order valence-electron chi connectivity index (χ1n) is 5.83. The number of aryl methyl sites for hydroxylation is 1. The Balaban J connectivity index is 2.28. The molecule has 0 atom stereocenters. The molecule has 0 aliphatic heterocycles. The number of nitrogens with zero attached hydrogens (tertiary/aromatic N) is 1. The van der Waals surface area contributed by atoms with E-state index in [2.05, 4.69) is 10.3 Å². The van der Waals surface area contributed by atoms with Gasteiger partial charge in [-0.25, -0.2) is 4.98 Å². The molecule has 0 saturated heterocycles. The lowest BCUT2D eigenvalue weighted by Crippen LogP contribution is -2.13. The number of rotatable bonds is 3. The summed E-state index contributed by atoms with van der Waals surface area (Å²) in [6.07, 6.45) is 0. The van der Waals surface area contributed by atoms with Gasteiger partial charge in [-0.3, -0.25) is 4.79 Å². The van der Waals surface area contributed by atoms with Gasteiger partial charge in [-0.15, -0.1) is 0 Å². The van der Waals surface area contributed by atoms with Gasteiger partial charge in [0.05, 0.1) is 24.1 Å². The quantitative estimate of drug-likeness (QED) is 0.853. The maximum absolute atomic E-state index is 12.2. The van der Waals surface area contributed by atoms with Crippen molar-refractivity contribution in [3.05, 3.63) is 46.7 Å². The SMILES string of the molecule is COc1ccc(O)c(C(=O)Nc2ccc(Cl)nc2C)c1. The molecule has 20 heavy (non-hydrogen) atoms. The molecular formula is C14H13ClN2O3. The van der Waals surface area contributed by atoms with E-state index in [9.17, 15) is 9.90 Å². The van der Waals surface area contributed by atoms with Crippen molar-refractivity contribution in [3.63, 3.8) is 0 Å². The third-order valence-electron chi connectivity index (χ3n) is 2.75. The van der Waals surface area contributed by atoms with Gasteiger partial charge in [0.1, 0.15) is 16.7 Å². The molecule has 0 unspecified atom stereocenters. The monoisotopic (exact) mass is 292 g/mol. The van der Waals surface area contributed by atoms with Crippen LogP contribution in [-0.4, -0.2) is 23.1 Å². The Hall–Kier alpha value is -2.27. The van der Waals surface area contributed by atoms with Crippen molar-refractivity contribution in [3.8, 4) is 11.5 Å². The number of aromatic nitrogens is 1. The fourth-order valence-electron chi connectivity index (χ4n) is 1.68. The molecule has 1 amide bonds. The van der Waals surface area contributed by atoms with E-state index in [4.69, 9.17) is 16.3 Å². The smallest absolute Gasteiger partial charge is 0.259 e. The molecule has 0 aliphatic carbocycles. The van der Waals surface area contributed by atoms with E-state index in [-0.39, 0.29) is 11.3 Å². The zero-order valence-electron chi connectivity index (χ0n) is 11.0.